The molecule has 1 heterocycles. The van der Waals surface area contributed by atoms with E-state index in [9.17, 15) is 0 Å². The highest BCUT2D eigenvalue weighted by Crippen LogP contribution is 2.07. The van der Waals surface area contributed by atoms with Crippen LogP contribution >= 0.6 is 0 Å². The molecule has 0 bridgehead atoms. The molecule has 0 N–H and O–H groups in total. The lowest BCUT2D eigenvalue weighted by Crippen LogP contribution is -1.85. The van der Waals surface area contributed by atoms with E-state index >= 15 is 0 Å². The van der Waals surface area contributed by atoms with Crippen molar-refractivity contribution in [3.05, 3.63) is 24.3 Å². The lowest BCUT2D eigenvalue weighted by Gasteiger charge is -2.06. The van der Waals surface area contributed by atoms with Crippen LogP contribution in [0.5, 0.6) is 0 Å². The minimum Gasteiger partial charge on any atom is -0.543 e. The lowest BCUT2D eigenvalue weighted by molar-refractivity contribution is 0.557. The molecule has 2 heteroatoms. The summed E-state index contributed by atoms with van der Waals surface area (Å²) in [4.78, 5) is 3.91. The van der Waals surface area contributed by atoms with Crippen LogP contribution < -0.4 is 0 Å². The highest BCUT2D eigenvalue weighted by Gasteiger charge is 1.85. The van der Waals surface area contributed by atoms with Gasteiger partial charge in [0.1, 0.15) is 0 Å². The Bertz CT molecular complexity index is 144. The first-order valence-corrected chi connectivity index (χ1v) is 2.49. The molecular formula is C6H8NO-. The predicted molar refractivity (Wildman–Crippen MR) is 30.2 cm³/mol. The van der Waals surface area contributed by atoms with Crippen LogP contribution in [0, 0.1) is 5.92 Å². The Morgan fingerprint density at radius 3 is 2.62 bits per heavy atom. The van der Waals surface area contributed by atoms with Crippen molar-refractivity contribution < 1.29 is 4.42 Å². The standard InChI is InChI=1S/C6H8NO/c1-5(2)6-3-8-4-7-6/h3-4H,1-2H3/q-1. The van der Waals surface area contributed by atoms with Crippen molar-refractivity contribution in [2.45, 2.75) is 13.8 Å². The Hall–Kier alpha value is -0.920. The van der Waals surface area contributed by atoms with Crippen LogP contribution in [0.4, 0.5) is 0 Å². The lowest BCUT2D eigenvalue weighted by atomic mass is 10.2. The summed E-state index contributed by atoms with van der Waals surface area (Å²) in [5.74, 6) is 1.18. The Kier molecular flexibility index (Phi) is 1.24. The number of hydrogen-bond acceptors (Lipinski definition) is 2. The molecule has 0 atom stereocenters. The third kappa shape index (κ3) is 0.832. The van der Waals surface area contributed by atoms with Gasteiger partial charge in [0, 0.05) is 0 Å². The molecule has 0 aliphatic rings. The van der Waals surface area contributed by atoms with Gasteiger partial charge in [-0.25, -0.2) is 0 Å². The topological polar surface area (TPSA) is 26.0 Å². The highest BCUT2D eigenvalue weighted by molar-refractivity contribution is 5.12. The van der Waals surface area contributed by atoms with E-state index < -0.39 is 0 Å². The van der Waals surface area contributed by atoms with Gasteiger partial charge in [0.05, 0.1) is 0 Å². The maximum Gasteiger partial charge on any atom is 0.158 e. The van der Waals surface area contributed by atoms with E-state index in [2.05, 4.69) is 4.98 Å². The van der Waals surface area contributed by atoms with Crippen molar-refractivity contribution in [2.75, 3.05) is 0 Å². The fourth-order valence-corrected chi connectivity index (χ4v) is 0.459. The summed E-state index contributed by atoms with van der Waals surface area (Å²) in [6.45, 7) is 4.00. The first-order chi connectivity index (χ1) is 3.80. The van der Waals surface area contributed by atoms with Gasteiger partial charge in [0.2, 0.25) is 0 Å². The summed E-state index contributed by atoms with van der Waals surface area (Å²) in [7, 11) is 0. The van der Waals surface area contributed by atoms with Gasteiger partial charge in [-0.1, -0.05) is 5.69 Å². The predicted octanol–water partition coefficient (Wildman–Crippen LogP) is 1.64. The number of nitrogens with zero attached hydrogens (tertiary/aromatic N) is 1. The second kappa shape index (κ2) is 1.90. The van der Waals surface area contributed by atoms with Gasteiger partial charge < -0.3 is 4.42 Å². The fraction of sp³-hybridized carbons (Fsp3) is 0.333. The second-order valence-corrected chi connectivity index (χ2v) is 1.87. The molecule has 1 aromatic rings. The van der Waals surface area contributed by atoms with Gasteiger partial charge in [-0.3, -0.25) is 4.98 Å². The van der Waals surface area contributed by atoms with Crippen LogP contribution in [-0.2, 0) is 0 Å². The van der Waals surface area contributed by atoms with Crippen molar-refractivity contribution in [3.8, 4) is 0 Å². The molecule has 0 saturated carbocycles. The average Bonchev–Trinajstić information content (AvgIpc) is 2.12. The average molecular weight is 110 g/mol. The minimum atomic E-state index is 0.935. The summed E-state index contributed by atoms with van der Waals surface area (Å²) in [6.07, 6.45) is 3.07. The van der Waals surface area contributed by atoms with Crippen molar-refractivity contribution in [3.63, 3.8) is 0 Å². The van der Waals surface area contributed by atoms with Crippen LogP contribution in [0.3, 0.4) is 0 Å². The van der Waals surface area contributed by atoms with Gasteiger partial charge in [-0.05, 0) is 6.26 Å². The highest BCUT2D eigenvalue weighted by atomic mass is 16.3. The van der Waals surface area contributed by atoms with Crippen molar-refractivity contribution in [2.24, 2.45) is 0 Å². The largest absolute Gasteiger partial charge is 0.543 e. The first kappa shape index (κ1) is 5.22. The number of hydrogen-bond donors (Lipinski definition) is 0. The quantitative estimate of drug-likeness (QED) is 0.513. The van der Waals surface area contributed by atoms with Gasteiger partial charge in [-0.2, -0.15) is 5.92 Å². The first-order valence-electron chi connectivity index (χ1n) is 2.49. The molecule has 0 radical (unpaired) electrons. The van der Waals surface area contributed by atoms with Gasteiger partial charge in [-0.15, -0.1) is 13.8 Å². The molecular weight excluding hydrogens is 102 g/mol. The molecule has 0 spiro atoms. The van der Waals surface area contributed by atoms with E-state index in [0.29, 0.717) is 0 Å². The molecule has 0 unspecified atom stereocenters. The molecule has 0 aromatic carbocycles. The maximum atomic E-state index is 4.74. The van der Waals surface area contributed by atoms with Crippen LogP contribution in [0.2, 0.25) is 0 Å². The molecule has 0 fully saturated rings. The molecule has 2 nitrogen and oxygen atoms in total. The van der Waals surface area contributed by atoms with Crippen LogP contribution in [-0.4, -0.2) is 4.98 Å². The Labute approximate surface area is 48.5 Å². The smallest absolute Gasteiger partial charge is 0.158 e. The number of aromatic nitrogens is 1. The third-order valence-corrected chi connectivity index (χ3v) is 0.945. The zero-order valence-electron chi connectivity index (χ0n) is 5.01. The minimum absolute atomic E-state index is 0.935. The summed E-state index contributed by atoms with van der Waals surface area (Å²) in [6, 6.07) is 0. The zero-order valence-corrected chi connectivity index (χ0v) is 5.01. The van der Waals surface area contributed by atoms with Gasteiger partial charge in [0.25, 0.3) is 0 Å². The molecule has 44 valence electrons. The number of rotatable bonds is 1. The summed E-state index contributed by atoms with van der Waals surface area (Å²) >= 11 is 0. The van der Waals surface area contributed by atoms with Crippen LogP contribution in [0.15, 0.2) is 17.1 Å². The zero-order chi connectivity index (χ0) is 5.98. The molecule has 1 aromatic heterocycles. The molecule has 8 heavy (non-hydrogen) atoms. The molecule has 0 aliphatic heterocycles. The third-order valence-electron chi connectivity index (χ3n) is 0.945. The van der Waals surface area contributed by atoms with Gasteiger partial charge in [0.15, 0.2) is 6.39 Å². The Morgan fingerprint density at radius 1 is 1.62 bits per heavy atom. The molecule has 0 saturated heterocycles. The Morgan fingerprint density at radius 2 is 2.38 bits per heavy atom. The van der Waals surface area contributed by atoms with Crippen molar-refractivity contribution >= 4 is 0 Å². The van der Waals surface area contributed by atoms with Crippen LogP contribution in [0.25, 0.3) is 0 Å². The second-order valence-electron chi connectivity index (χ2n) is 1.87. The van der Waals surface area contributed by atoms with E-state index in [1.165, 1.54) is 12.3 Å². The SMILES string of the molecule is C[C-](C)c1cocn1. The van der Waals surface area contributed by atoms with Crippen molar-refractivity contribution in [1.82, 2.24) is 4.98 Å². The number of oxazole rings is 1. The monoisotopic (exact) mass is 110 g/mol. The maximum absolute atomic E-state index is 4.74. The Balaban J connectivity index is 2.77. The summed E-state index contributed by atoms with van der Waals surface area (Å²) < 4.78 is 4.74. The van der Waals surface area contributed by atoms with E-state index in [-0.39, 0.29) is 0 Å². The molecule has 1 rings (SSSR count). The summed E-state index contributed by atoms with van der Waals surface area (Å²) in [5, 5.41) is 0. The van der Waals surface area contributed by atoms with Gasteiger partial charge >= 0.3 is 0 Å². The fourth-order valence-electron chi connectivity index (χ4n) is 0.459. The van der Waals surface area contributed by atoms with E-state index in [1.807, 2.05) is 13.8 Å². The normalized spacial score (nSPS) is 9.25. The van der Waals surface area contributed by atoms with Crippen LogP contribution in [0.1, 0.15) is 19.5 Å². The van der Waals surface area contributed by atoms with Crippen molar-refractivity contribution in [1.29, 1.82) is 0 Å². The summed E-state index contributed by atoms with van der Waals surface area (Å²) in [5.41, 5.74) is 0.935. The van der Waals surface area contributed by atoms with E-state index in [1.54, 1.807) is 6.26 Å². The van der Waals surface area contributed by atoms with E-state index in [4.69, 9.17) is 4.42 Å². The molecule has 0 aliphatic carbocycles. The van der Waals surface area contributed by atoms with E-state index in [0.717, 1.165) is 5.69 Å². The molecule has 0 amide bonds.